The monoisotopic (exact) mass is 289 g/mol. The number of nitrogens with one attached hydrogen (secondary N) is 1. The Morgan fingerprint density at radius 2 is 2.05 bits per heavy atom. The number of hydrogen-bond acceptors (Lipinski definition) is 5. The maximum Gasteiger partial charge on any atom is 0.373 e. The molecule has 21 heavy (non-hydrogen) atoms. The lowest BCUT2D eigenvalue weighted by atomic mass is 10.2. The van der Waals surface area contributed by atoms with Crippen molar-refractivity contribution in [1.82, 2.24) is 0 Å². The molecule has 0 amide bonds. The molecule has 0 saturated carbocycles. The number of para-hydroxylation sites is 1. The molecule has 0 radical (unpaired) electrons. The highest BCUT2D eigenvalue weighted by Gasteiger charge is 2.11. The number of hydrogen-bond donors (Lipinski definition) is 1. The van der Waals surface area contributed by atoms with Crippen molar-refractivity contribution in [3.05, 3.63) is 53.5 Å². The van der Waals surface area contributed by atoms with Gasteiger partial charge in [0.25, 0.3) is 0 Å². The van der Waals surface area contributed by atoms with Gasteiger partial charge in [0.05, 0.1) is 20.3 Å². The van der Waals surface area contributed by atoms with Gasteiger partial charge in [-0.3, -0.25) is 0 Å². The largest absolute Gasteiger partial charge is 0.463 e. The maximum atomic E-state index is 11.3. The van der Waals surface area contributed by atoms with Crippen LogP contribution in [-0.2, 0) is 22.6 Å². The Labute approximate surface area is 123 Å². The Balaban J connectivity index is 1.99. The molecule has 0 aliphatic rings. The van der Waals surface area contributed by atoms with Crippen LogP contribution in [0.1, 0.15) is 28.8 Å². The zero-order valence-corrected chi connectivity index (χ0v) is 12.2. The Morgan fingerprint density at radius 1 is 1.24 bits per heavy atom. The van der Waals surface area contributed by atoms with Crippen LogP contribution in [0.4, 0.5) is 5.69 Å². The molecule has 1 N–H and O–H groups in total. The van der Waals surface area contributed by atoms with E-state index in [1.54, 1.807) is 12.1 Å². The molecule has 0 spiro atoms. The fourth-order valence-corrected chi connectivity index (χ4v) is 1.90. The topological polar surface area (TPSA) is 60.7 Å². The lowest BCUT2D eigenvalue weighted by Crippen LogP contribution is -2.03. The van der Waals surface area contributed by atoms with Gasteiger partial charge < -0.3 is 19.2 Å². The minimum atomic E-state index is -0.474. The molecule has 1 aromatic heterocycles. The molecule has 112 valence electrons. The number of ether oxygens (including phenoxy) is 2. The quantitative estimate of drug-likeness (QED) is 0.793. The van der Waals surface area contributed by atoms with Gasteiger partial charge in [0.15, 0.2) is 0 Å². The number of methoxy groups -OCH3 is 1. The average molecular weight is 289 g/mol. The number of rotatable bonds is 7. The number of esters is 1. The zero-order valence-electron chi connectivity index (χ0n) is 12.2. The van der Waals surface area contributed by atoms with Crippen molar-refractivity contribution in [2.24, 2.45) is 0 Å². The van der Waals surface area contributed by atoms with Crippen molar-refractivity contribution in [2.75, 3.05) is 19.0 Å². The van der Waals surface area contributed by atoms with Crippen molar-refractivity contribution < 1.29 is 18.7 Å². The fraction of sp³-hybridized carbons (Fsp3) is 0.312. The molecular formula is C16H19NO4. The van der Waals surface area contributed by atoms with Crippen LogP contribution in [0.3, 0.4) is 0 Å². The Kier molecular flexibility index (Phi) is 5.40. The normalized spacial score (nSPS) is 10.4. The lowest BCUT2D eigenvalue weighted by molar-refractivity contribution is 0.0563. The van der Waals surface area contributed by atoms with Gasteiger partial charge in [-0.2, -0.15) is 0 Å². The summed E-state index contributed by atoms with van der Waals surface area (Å²) in [5.74, 6) is 0.400. The van der Waals surface area contributed by atoms with Crippen LogP contribution in [-0.4, -0.2) is 19.7 Å². The molecule has 5 heteroatoms. The van der Waals surface area contributed by atoms with Crippen LogP contribution in [0.2, 0.25) is 0 Å². The number of furan rings is 1. The van der Waals surface area contributed by atoms with E-state index in [4.69, 9.17) is 9.15 Å². The van der Waals surface area contributed by atoms with Gasteiger partial charge in [-0.25, -0.2) is 4.79 Å². The molecule has 0 unspecified atom stereocenters. The van der Waals surface area contributed by atoms with E-state index in [9.17, 15) is 4.79 Å². The van der Waals surface area contributed by atoms with E-state index in [0.29, 0.717) is 25.5 Å². The van der Waals surface area contributed by atoms with Crippen LogP contribution in [0, 0.1) is 0 Å². The predicted octanol–water partition coefficient (Wildman–Crippen LogP) is 3.21. The molecule has 2 rings (SSSR count). The summed E-state index contributed by atoms with van der Waals surface area (Å²) >= 11 is 0. The molecule has 1 heterocycles. The molecular weight excluding hydrogens is 270 g/mol. The number of anilines is 1. The van der Waals surface area contributed by atoms with Gasteiger partial charge >= 0.3 is 5.97 Å². The number of carbonyl (C=O) groups excluding carboxylic acids is 1. The summed E-state index contributed by atoms with van der Waals surface area (Å²) in [6.45, 7) is 3.69. The van der Waals surface area contributed by atoms with Crippen LogP contribution in [0.15, 0.2) is 40.8 Å². The van der Waals surface area contributed by atoms with Crippen molar-refractivity contribution in [3.63, 3.8) is 0 Å². The summed E-state index contributed by atoms with van der Waals surface area (Å²) in [6, 6.07) is 11.3. The molecule has 5 nitrogen and oxygen atoms in total. The highest BCUT2D eigenvalue weighted by atomic mass is 16.5. The van der Waals surface area contributed by atoms with Crippen LogP contribution >= 0.6 is 0 Å². The maximum absolute atomic E-state index is 11.3. The third-order valence-corrected chi connectivity index (χ3v) is 2.98. The molecule has 0 aliphatic heterocycles. The van der Waals surface area contributed by atoms with Crippen LogP contribution in [0.5, 0.6) is 0 Å². The molecule has 0 saturated heterocycles. The first-order valence-electron chi connectivity index (χ1n) is 6.81. The molecule has 0 fully saturated rings. The van der Waals surface area contributed by atoms with Crippen molar-refractivity contribution in [3.8, 4) is 0 Å². The smallest absolute Gasteiger partial charge is 0.373 e. The second kappa shape index (κ2) is 7.50. The minimum Gasteiger partial charge on any atom is -0.463 e. The SMILES string of the molecule is CCOCc1ccccc1NCc1ccc(C(=O)OC)o1. The summed E-state index contributed by atoms with van der Waals surface area (Å²) in [4.78, 5) is 11.3. The third kappa shape index (κ3) is 4.10. The van der Waals surface area contributed by atoms with E-state index in [1.807, 2.05) is 31.2 Å². The van der Waals surface area contributed by atoms with Crippen molar-refractivity contribution >= 4 is 11.7 Å². The molecule has 0 bridgehead atoms. The van der Waals surface area contributed by atoms with E-state index < -0.39 is 5.97 Å². The second-order valence-corrected chi connectivity index (χ2v) is 4.41. The van der Waals surface area contributed by atoms with Gasteiger partial charge in [-0.1, -0.05) is 18.2 Å². The molecule has 1 aromatic carbocycles. The van der Waals surface area contributed by atoms with Crippen LogP contribution < -0.4 is 5.32 Å². The summed E-state index contributed by atoms with van der Waals surface area (Å²) in [5.41, 5.74) is 2.07. The summed E-state index contributed by atoms with van der Waals surface area (Å²) in [6.07, 6.45) is 0. The first-order chi connectivity index (χ1) is 10.2. The van der Waals surface area contributed by atoms with E-state index in [1.165, 1.54) is 7.11 Å². The van der Waals surface area contributed by atoms with Gasteiger partial charge in [-0.15, -0.1) is 0 Å². The van der Waals surface area contributed by atoms with E-state index in [-0.39, 0.29) is 5.76 Å². The molecule has 0 aliphatic carbocycles. The first-order valence-corrected chi connectivity index (χ1v) is 6.81. The van der Waals surface area contributed by atoms with Gasteiger partial charge in [0.2, 0.25) is 5.76 Å². The molecule has 0 atom stereocenters. The highest BCUT2D eigenvalue weighted by Crippen LogP contribution is 2.18. The Hall–Kier alpha value is -2.27. The molecule has 2 aromatic rings. The summed E-state index contributed by atoms with van der Waals surface area (Å²) < 4.78 is 15.5. The fourth-order valence-electron chi connectivity index (χ4n) is 1.90. The van der Waals surface area contributed by atoms with E-state index >= 15 is 0 Å². The second-order valence-electron chi connectivity index (χ2n) is 4.41. The zero-order chi connectivity index (χ0) is 15.1. The number of benzene rings is 1. The van der Waals surface area contributed by atoms with Crippen molar-refractivity contribution in [2.45, 2.75) is 20.1 Å². The lowest BCUT2D eigenvalue weighted by Gasteiger charge is -2.11. The van der Waals surface area contributed by atoms with E-state index in [2.05, 4.69) is 10.1 Å². The van der Waals surface area contributed by atoms with Gasteiger partial charge in [-0.05, 0) is 25.1 Å². The van der Waals surface area contributed by atoms with Gasteiger partial charge in [0.1, 0.15) is 5.76 Å². The van der Waals surface area contributed by atoms with Crippen LogP contribution in [0.25, 0.3) is 0 Å². The minimum absolute atomic E-state index is 0.205. The standard InChI is InChI=1S/C16H19NO4/c1-3-20-11-12-6-4-5-7-14(12)17-10-13-8-9-15(21-13)16(18)19-2/h4-9,17H,3,10-11H2,1-2H3. The van der Waals surface area contributed by atoms with E-state index in [0.717, 1.165) is 11.3 Å². The Morgan fingerprint density at radius 3 is 2.81 bits per heavy atom. The predicted molar refractivity (Wildman–Crippen MR) is 79.1 cm³/mol. The third-order valence-electron chi connectivity index (χ3n) is 2.98. The Bertz CT molecular complexity index is 591. The van der Waals surface area contributed by atoms with Gasteiger partial charge in [0, 0.05) is 17.9 Å². The summed E-state index contributed by atoms with van der Waals surface area (Å²) in [5, 5.41) is 3.28. The van der Waals surface area contributed by atoms with Crippen molar-refractivity contribution in [1.29, 1.82) is 0 Å². The number of carbonyl (C=O) groups is 1. The summed E-state index contributed by atoms with van der Waals surface area (Å²) in [7, 11) is 1.33. The highest BCUT2D eigenvalue weighted by molar-refractivity contribution is 5.86. The average Bonchev–Trinajstić information content (AvgIpc) is 3.00. The first kappa shape index (κ1) is 15.1.